The van der Waals surface area contributed by atoms with E-state index in [1.807, 2.05) is 18.2 Å². The van der Waals surface area contributed by atoms with Crippen LogP contribution in [-0.2, 0) is 4.79 Å². The summed E-state index contributed by atoms with van der Waals surface area (Å²) < 4.78 is 5.96. The molecule has 0 spiro atoms. The van der Waals surface area contributed by atoms with E-state index < -0.39 is 0 Å². The Morgan fingerprint density at radius 2 is 2.05 bits per heavy atom. The standard InChI is InChI=1S/C14H21BrN2O2/c1-14(2,3)16-8-7-13(18)17-10-5-6-12(19-4)11(15)9-10/h5-6,9,16H,7-8H2,1-4H3,(H,17,18). The third-order valence-electron chi connectivity index (χ3n) is 2.44. The fourth-order valence-electron chi connectivity index (χ4n) is 1.52. The van der Waals surface area contributed by atoms with Gasteiger partial charge in [0.2, 0.25) is 5.91 Å². The monoisotopic (exact) mass is 328 g/mol. The van der Waals surface area contributed by atoms with Crippen molar-refractivity contribution in [3.05, 3.63) is 22.7 Å². The van der Waals surface area contributed by atoms with Crippen LogP contribution in [0.1, 0.15) is 27.2 Å². The van der Waals surface area contributed by atoms with Crippen LogP contribution >= 0.6 is 15.9 Å². The van der Waals surface area contributed by atoms with Crippen molar-refractivity contribution in [3.63, 3.8) is 0 Å². The summed E-state index contributed by atoms with van der Waals surface area (Å²) in [6.07, 6.45) is 0.445. The lowest BCUT2D eigenvalue weighted by molar-refractivity contribution is -0.116. The lowest BCUT2D eigenvalue weighted by Crippen LogP contribution is -2.37. The third-order valence-corrected chi connectivity index (χ3v) is 3.06. The maximum absolute atomic E-state index is 11.8. The van der Waals surface area contributed by atoms with Crippen molar-refractivity contribution in [2.75, 3.05) is 19.0 Å². The van der Waals surface area contributed by atoms with Gasteiger partial charge >= 0.3 is 0 Å². The number of hydrogen-bond donors (Lipinski definition) is 2. The largest absolute Gasteiger partial charge is 0.496 e. The Morgan fingerprint density at radius 3 is 2.58 bits per heavy atom. The smallest absolute Gasteiger partial charge is 0.225 e. The second-order valence-electron chi connectivity index (χ2n) is 5.32. The first-order chi connectivity index (χ1) is 8.81. The SMILES string of the molecule is COc1ccc(NC(=O)CCNC(C)(C)C)cc1Br. The molecule has 106 valence electrons. The van der Waals surface area contributed by atoms with Crippen LogP contribution in [0.4, 0.5) is 5.69 Å². The zero-order valence-electron chi connectivity index (χ0n) is 11.8. The first kappa shape index (κ1) is 16.0. The lowest BCUT2D eigenvalue weighted by Gasteiger charge is -2.20. The number of methoxy groups -OCH3 is 1. The molecule has 1 rings (SSSR count). The fraction of sp³-hybridized carbons (Fsp3) is 0.500. The van der Waals surface area contributed by atoms with E-state index in [-0.39, 0.29) is 11.4 Å². The van der Waals surface area contributed by atoms with E-state index in [4.69, 9.17) is 4.74 Å². The number of anilines is 1. The summed E-state index contributed by atoms with van der Waals surface area (Å²) in [5.74, 6) is 0.737. The molecule has 0 saturated heterocycles. The van der Waals surface area contributed by atoms with Crippen LogP contribution in [0.2, 0.25) is 0 Å². The Labute approximate surface area is 123 Å². The number of ether oxygens (including phenoxy) is 1. The first-order valence-electron chi connectivity index (χ1n) is 6.20. The second kappa shape index (κ2) is 6.91. The van der Waals surface area contributed by atoms with Gasteiger partial charge in [0.25, 0.3) is 0 Å². The van der Waals surface area contributed by atoms with Gasteiger partial charge in [0.1, 0.15) is 5.75 Å². The molecule has 0 atom stereocenters. The van der Waals surface area contributed by atoms with E-state index in [1.165, 1.54) is 0 Å². The summed E-state index contributed by atoms with van der Waals surface area (Å²) in [6.45, 7) is 6.88. The van der Waals surface area contributed by atoms with Crippen LogP contribution in [0.5, 0.6) is 5.75 Å². The van der Waals surface area contributed by atoms with Gasteiger partial charge in [0.15, 0.2) is 0 Å². The quantitative estimate of drug-likeness (QED) is 0.872. The molecule has 0 aliphatic rings. The molecular weight excluding hydrogens is 308 g/mol. The molecular formula is C14H21BrN2O2. The number of rotatable bonds is 5. The van der Waals surface area contributed by atoms with E-state index in [9.17, 15) is 4.79 Å². The fourth-order valence-corrected chi connectivity index (χ4v) is 2.06. The van der Waals surface area contributed by atoms with Crippen molar-refractivity contribution >= 4 is 27.5 Å². The van der Waals surface area contributed by atoms with Gasteiger partial charge in [0.05, 0.1) is 11.6 Å². The normalized spacial score (nSPS) is 11.2. The molecule has 0 unspecified atom stereocenters. The Kier molecular flexibility index (Phi) is 5.82. The molecule has 0 saturated carbocycles. The molecule has 4 nitrogen and oxygen atoms in total. The summed E-state index contributed by atoms with van der Waals surface area (Å²) in [7, 11) is 1.61. The number of hydrogen-bond acceptors (Lipinski definition) is 3. The molecule has 5 heteroatoms. The highest BCUT2D eigenvalue weighted by atomic mass is 79.9. The van der Waals surface area contributed by atoms with Crippen LogP contribution in [0, 0.1) is 0 Å². The maximum Gasteiger partial charge on any atom is 0.225 e. The first-order valence-corrected chi connectivity index (χ1v) is 6.99. The highest BCUT2D eigenvalue weighted by Gasteiger charge is 2.10. The highest BCUT2D eigenvalue weighted by molar-refractivity contribution is 9.10. The number of benzene rings is 1. The van der Waals surface area contributed by atoms with Crippen molar-refractivity contribution in [1.82, 2.24) is 5.32 Å². The van der Waals surface area contributed by atoms with Crippen molar-refractivity contribution in [2.45, 2.75) is 32.7 Å². The van der Waals surface area contributed by atoms with Gasteiger partial charge in [-0.1, -0.05) is 0 Å². The molecule has 19 heavy (non-hydrogen) atoms. The van der Waals surface area contributed by atoms with Crippen LogP contribution in [0.25, 0.3) is 0 Å². The summed E-state index contributed by atoms with van der Waals surface area (Å²) >= 11 is 3.39. The van der Waals surface area contributed by atoms with E-state index >= 15 is 0 Å². The summed E-state index contributed by atoms with van der Waals surface area (Å²) in [6, 6.07) is 5.46. The minimum absolute atomic E-state index is 0.00573. The average molecular weight is 329 g/mol. The molecule has 0 aromatic heterocycles. The van der Waals surface area contributed by atoms with E-state index in [0.29, 0.717) is 13.0 Å². The molecule has 0 heterocycles. The van der Waals surface area contributed by atoms with Gasteiger partial charge in [-0.05, 0) is 54.9 Å². The van der Waals surface area contributed by atoms with E-state index in [0.717, 1.165) is 15.9 Å². The van der Waals surface area contributed by atoms with Crippen molar-refractivity contribution in [2.24, 2.45) is 0 Å². The van der Waals surface area contributed by atoms with Crippen LogP contribution < -0.4 is 15.4 Å². The van der Waals surface area contributed by atoms with E-state index in [1.54, 1.807) is 7.11 Å². The average Bonchev–Trinajstić information content (AvgIpc) is 2.27. The van der Waals surface area contributed by atoms with Gasteiger partial charge < -0.3 is 15.4 Å². The molecule has 2 N–H and O–H groups in total. The molecule has 0 fully saturated rings. The number of carbonyl (C=O) groups is 1. The van der Waals surface area contributed by atoms with Crippen molar-refractivity contribution in [1.29, 1.82) is 0 Å². The zero-order chi connectivity index (χ0) is 14.5. The van der Waals surface area contributed by atoms with Gasteiger partial charge in [-0.15, -0.1) is 0 Å². The predicted molar refractivity (Wildman–Crippen MR) is 81.7 cm³/mol. The van der Waals surface area contributed by atoms with Crippen molar-refractivity contribution in [3.8, 4) is 5.75 Å². The third kappa shape index (κ3) is 6.07. The summed E-state index contributed by atoms with van der Waals surface area (Å²) in [5.41, 5.74) is 0.789. The topological polar surface area (TPSA) is 50.4 Å². The Balaban J connectivity index is 2.46. The van der Waals surface area contributed by atoms with Crippen LogP contribution in [0.3, 0.4) is 0 Å². The number of carbonyl (C=O) groups excluding carboxylic acids is 1. The summed E-state index contributed by atoms with van der Waals surface area (Å²) in [5, 5.41) is 6.13. The second-order valence-corrected chi connectivity index (χ2v) is 6.18. The predicted octanol–water partition coefficient (Wildman–Crippen LogP) is 3.17. The van der Waals surface area contributed by atoms with Gasteiger partial charge in [0, 0.05) is 24.2 Å². The molecule has 0 bridgehead atoms. The van der Waals surface area contributed by atoms with Gasteiger partial charge in [-0.3, -0.25) is 4.79 Å². The Bertz CT molecular complexity index is 442. The number of nitrogens with one attached hydrogen (secondary N) is 2. The molecule has 0 radical (unpaired) electrons. The van der Waals surface area contributed by atoms with Crippen LogP contribution in [0.15, 0.2) is 22.7 Å². The molecule has 0 aliphatic heterocycles. The minimum Gasteiger partial charge on any atom is -0.496 e. The minimum atomic E-state index is -0.00573. The van der Waals surface area contributed by atoms with Gasteiger partial charge in [-0.2, -0.15) is 0 Å². The Morgan fingerprint density at radius 1 is 1.37 bits per heavy atom. The zero-order valence-corrected chi connectivity index (χ0v) is 13.4. The number of halogens is 1. The Hall–Kier alpha value is -1.07. The molecule has 1 amide bonds. The number of amides is 1. The van der Waals surface area contributed by atoms with E-state index in [2.05, 4.69) is 47.3 Å². The molecule has 1 aromatic carbocycles. The molecule has 0 aliphatic carbocycles. The highest BCUT2D eigenvalue weighted by Crippen LogP contribution is 2.27. The van der Waals surface area contributed by atoms with Crippen molar-refractivity contribution < 1.29 is 9.53 Å². The molecule has 1 aromatic rings. The van der Waals surface area contributed by atoms with Gasteiger partial charge in [-0.25, -0.2) is 0 Å². The lowest BCUT2D eigenvalue weighted by atomic mass is 10.1. The maximum atomic E-state index is 11.8. The summed E-state index contributed by atoms with van der Waals surface area (Å²) in [4.78, 5) is 11.8. The van der Waals surface area contributed by atoms with Crippen LogP contribution in [-0.4, -0.2) is 25.1 Å².